The number of fused-ring (bicyclic) bond motifs is 2. The first-order valence-electron chi connectivity index (χ1n) is 27.0. The van der Waals surface area contributed by atoms with Crippen molar-refractivity contribution >= 4 is 40.6 Å². The summed E-state index contributed by atoms with van der Waals surface area (Å²) >= 11 is 0. The highest BCUT2D eigenvalue weighted by Crippen LogP contribution is 2.41. The van der Waals surface area contributed by atoms with E-state index in [9.17, 15) is 26.9 Å². The van der Waals surface area contributed by atoms with E-state index in [0.717, 1.165) is 11.5 Å². The van der Waals surface area contributed by atoms with E-state index in [1.54, 1.807) is 69.9 Å². The van der Waals surface area contributed by atoms with Crippen molar-refractivity contribution in [2.75, 3.05) is 21.3 Å². The van der Waals surface area contributed by atoms with Gasteiger partial charge in [-0.2, -0.15) is 4.57 Å². The van der Waals surface area contributed by atoms with Crippen LogP contribution in [-0.2, 0) is 10.8 Å². The van der Waals surface area contributed by atoms with Crippen LogP contribution >= 0.6 is 0 Å². The van der Waals surface area contributed by atoms with Crippen molar-refractivity contribution in [3.63, 3.8) is 0 Å². The van der Waals surface area contributed by atoms with Crippen molar-refractivity contribution in [2.24, 2.45) is 0 Å². The molecule has 11 heteroatoms. The topological polar surface area (TPSA) is 65.7 Å². The van der Waals surface area contributed by atoms with Crippen molar-refractivity contribution < 1.29 is 45.6 Å². The molecule has 0 aliphatic carbocycles. The zero-order valence-corrected chi connectivity index (χ0v) is 48.9. The van der Waals surface area contributed by atoms with Gasteiger partial charge in [0.25, 0.3) is 0 Å². The van der Waals surface area contributed by atoms with Crippen molar-refractivity contribution in [1.29, 1.82) is 0 Å². The summed E-state index contributed by atoms with van der Waals surface area (Å²) in [6.07, 6.45) is 0. The lowest BCUT2D eigenvalue weighted by atomic mass is 9.82. The number of methoxy groups -OCH3 is 3. The number of ether oxygens (including phenoxy) is 3. The Morgan fingerprint density at radius 1 is 0.415 bits per heavy atom. The number of ketones is 2. The molecule has 10 aromatic rings. The molecule has 9 aromatic carbocycles. The molecular weight excluding hydrogens is 1030 g/mol. The molecule has 0 spiro atoms. The van der Waals surface area contributed by atoms with Crippen LogP contribution in [0.3, 0.4) is 0 Å². The highest BCUT2D eigenvalue weighted by atomic mass is 19.5. The fourth-order valence-corrected chi connectivity index (χ4v) is 9.40. The van der Waals surface area contributed by atoms with Gasteiger partial charge in [-0.3, -0.25) is 9.59 Å². The van der Waals surface area contributed by atoms with Crippen molar-refractivity contribution in [1.82, 2.24) is 0 Å². The summed E-state index contributed by atoms with van der Waals surface area (Å²) in [4.78, 5) is 24.2. The van der Waals surface area contributed by atoms with Gasteiger partial charge in [-0.1, -0.05) is 181 Å². The smallest absolute Gasteiger partial charge is 0.497 e. The van der Waals surface area contributed by atoms with E-state index in [1.807, 2.05) is 91.0 Å². The Morgan fingerprint density at radius 3 is 1.21 bits per heavy atom. The summed E-state index contributed by atoms with van der Waals surface area (Å²) in [6, 6.07) is 72.2. The maximum Gasteiger partial charge on any atom is 0.673 e. The van der Waals surface area contributed by atoms with Gasteiger partial charge in [-0.25, -0.2) is 0 Å². The number of rotatable bonds is 9. The number of hydrogen-bond acceptors (Lipinski definition) is 5. The maximum absolute atomic E-state index is 12.1. The quantitative estimate of drug-likeness (QED) is 0.0474. The van der Waals surface area contributed by atoms with Crippen LogP contribution in [0.4, 0.5) is 17.3 Å². The number of halogens is 4. The number of aromatic nitrogens is 1. The number of hydrogen-bond donors (Lipinski definition) is 0. The molecule has 82 heavy (non-hydrogen) atoms. The summed E-state index contributed by atoms with van der Waals surface area (Å²) in [5, 5.41) is 2.59. The van der Waals surface area contributed by atoms with Gasteiger partial charge in [-0.05, 0) is 120 Å². The van der Waals surface area contributed by atoms with Gasteiger partial charge in [0.05, 0.1) is 37.7 Å². The lowest BCUT2D eigenvalue weighted by Gasteiger charge is -2.22. The highest BCUT2D eigenvalue weighted by Gasteiger charge is 2.29. The predicted molar refractivity (Wildman–Crippen MR) is 329 cm³/mol. The first kappa shape index (κ1) is 62.4. The summed E-state index contributed by atoms with van der Waals surface area (Å²) in [6.45, 7) is 20.5. The van der Waals surface area contributed by atoms with Crippen LogP contribution in [0.5, 0.6) is 17.2 Å². The molecule has 0 saturated heterocycles. The molecule has 0 N–H and O–H groups in total. The molecule has 10 rings (SSSR count). The Balaban J connectivity index is 0.000000197. The minimum atomic E-state index is -6.00. The number of para-hydroxylation sites is 3. The molecule has 1 aromatic heterocycles. The monoisotopic (exact) mass is 1110 g/mol. The van der Waals surface area contributed by atoms with Crippen LogP contribution in [0.25, 0.3) is 38.6 Å². The van der Waals surface area contributed by atoms with E-state index in [2.05, 4.69) is 146 Å². The zero-order valence-electron chi connectivity index (χ0n) is 48.9. The molecule has 0 aliphatic heterocycles. The second-order valence-corrected chi connectivity index (χ2v) is 21.6. The average Bonchev–Trinajstić information content (AvgIpc) is 2.69. The molecule has 0 unspecified atom stereocenters. The van der Waals surface area contributed by atoms with Gasteiger partial charge in [0, 0.05) is 46.5 Å². The maximum atomic E-state index is 12.1. The molecule has 0 bridgehead atoms. The van der Waals surface area contributed by atoms with E-state index in [-0.39, 0.29) is 22.4 Å². The Kier molecular flexibility index (Phi) is 21.3. The summed E-state index contributed by atoms with van der Waals surface area (Å²) < 4.78 is 56.6. The first-order chi connectivity index (χ1) is 38.9. The van der Waals surface area contributed by atoms with Crippen LogP contribution in [0.1, 0.15) is 101 Å². The largest absolute Gasteiger partial charge is 0.673 e. The number of aryl methyl sites for hydroxylation is 3. The van der Waals surface area contributed by atoms with E-state index >= 15 is 0 Å². The highest BCUT2D eigenvalue weighted by molar-refractivity contribution is 6.50. The van der Waals surface area contributed by atoms with Gasteiger partial charge in [0.2, 0.25) is 16.7 Å². The summed E-state index contributed by atoms with van der Waals surface area (Å²) in [7, 11) is -1.17. The Labute approximate surface area is 481 Å². The third-order valence-corrected chi connectivity index (χ3v) is 13.4. The third kappa shape index (κ3) is 16.9. The lowest BCUT2D eigenvalue weighted by molar-refractivity contribution is -0.538. The number of nitrogens with zero attached hydrogens (tertiary/aromatic N) is 1. The Bertz CT molecular complexity index is 3610. The van der Waals surface area contributed by atoms with Gasteiger partial charge in [0.15, 0.2) is 11.6 Å². The standard InChI is InChI=1S/C36H40N.2C14H12O2.C7H8O.BF4/c1-23-19-24(2)33(25(3)20-23)34-29-17-15-26(35(4,5)6)21-31(29)37(28-13-11-10-12-14-28)32-22-27(36(7,8)9)16-18-30(32)34;1-16-13-10-6-5-9-12(13)14(15)11-7-3-2-4-8-11;1-16-13-9-7-12(8-10-13)14(15)11-5-3-2-4-6-11;1-8-7-5-3-2-4-6-7;2-1(3,4)5/h10-22H,1-9H3;2*2-10H,1H3;2-6H,1H3;/q+1;;;;-1. The predicted octanol–water partition coefficient (Wildman–Crippen LogP) is 18.3. The SMILES string of the molecule is COc1ccc(C(=O)c2ccccc2)cc1.COc1ccccc1.COc1ccccc1C(=O)c1ccccc1.Cc1cc(C)c(-c2c3ccc(C(C)(C)C)cc3[n+](-c3ccccc3)c3cc(C(C)(C)C)ccc23)c(C)c1.F[B-](F)(F)F. The molecule has 0 atom stereocenters. The van der Waals surface area contributed by atoms with Crippen LogP contribution in [0.15, 0.2) is 218 Å². The van der Waals surface area contributed by atoms with Gasteiger partial charge in [-0.15, -0.1) is 0 Å². The molecule has 422 valence electrons. The molecule has 0 radical (unpaired) electrons. The van der Waals surface area contributed by atoms with Gasteiger partial charge >= 0.3 is 7.25 Å². The lowest BCUT2D eigenvalue weighted by Crippen LogP contribution is -2.34. The van der Waals surface area contributed by atoms with Crippen molar-refractivity contribution in [3.05, 3.63) is 268 Å². The molecular formula is C71H72BF4NO5. The number of carbonyl (C=O) groups is 2. The van der Waals surface area contributed by atoms with Crippen molar-refractivity contribution in [3.8, 4) is 34.1 Å². The number of carbonyl (C=O) groups excluding carboxylic acids is 2. The minimum absolute atomic E-state index is 0.0157. The molecule has 0 fully saturated rings. The molecule has 1 heterocycles. The van der Waals surface area contributed by atoms with Crippen LogP contribution in [0, 0.1) is 20.8 Å². The minimum Gasteiger partial charge on any atom is -0.497 e. The zero-order chi connectivity index (χ0) is 59.8. The Hall–Kier alpha value is -8.83. The van der Waals surface area contributed by atoms with E-state index in [0.29, 0.717) is 28.0 Å². The average molecular weight is 1110 g/mol. The van der Waals surface area contributed by atoms with Crippen molar-refractivity contribution in [2.45, 2.75) is 73.1 Å². The summed E-state index contributed by atoms with van der Waals surface area (Å²) in [5.41, 5.74) is 15.8. The number of pyridine rings is 1. The molecule has 0 aliphatic rings. The molecule has 6 nitrogen and oxygen atoms in total. The fraction of sp³-hybridized carbons (Fsp3) is 0.197. The second kappa shape index (κ2) is 28.0. The van der Waals surface area contributed by atoms with Crippen LogP contribution in [0.2, 0.25) is 0 Å². The third-order valence-electron chi connectivity index (χ3n) is 13.4. The second-order valence-electron chi connectivity index (χ2n) is 21.6. The normalized spacial score (nSPS) is 11.0. The van der Waals surface area contributed by atoms with Crippen LogP contribution < -0.4 is 18.8 Å². The summed E-state index contributed by atoms with van der Waals surface area (Å²) in [5.74, 6) is 2.29. The van der Waals surface area contributed by atoms with Gasteiger partial charge in [0.1, 0.15) is 17.2 Å². The molecule has 0 saturated carbocycles. The van der Waals surface area contributed by atoms with E-state index in [1.165, 1.54) is 66.4 Å². The van der Waals surface area contributed by atoms with E-state index in [4.69, 9.17) is 14.2 Å². The first-order valence-corrected chi connectivity index (χ1v) is 27.0. The van der Waals surface area contributed by atoms with E-state index < -0.39 is 7.25 Å². The Morgan fingerprint density at radius 2 is 0.793 bits per heavy atom. The fourth-order valence-electron chi connectivity index (χ4n) is 9.40. The molecule has 0 amide bonds. The van der Waals surface area contributed by atoms with Gasteiger partial charge < -0.3 is 31.5 Å². The number of benzene rings is 9. The van der Waals surface area contributed by atoms with Crippen LogP contribution in [-0.4, -0.2) is 40.2 Å².